The summed E-state index contributed by atoms with van der Waals surface area (Å²) in [6, 6.07) is 19.2. The van der Waals surface area contributed by atoms with Crippen molar-refractivity contribution in [1.29, 1.82) is 0 Å². The van der Waals surface area contributed by atoms with Crippen LogP contribution in [-0.4, -0.2) is 73.8 Å². The number of hydrogen-bond donors (Lipinski definition) is 1. The van der Waals surface area contributed by atoms with Gasteiger partial charge in [-0.25, -0.2) is 8.42 Å². The molecule has 2 aromatic carbocycles. The number of hydrogen-bond acceptors (Lipinski definition) is 5. The predicted octanol–water partition coefficient (Wildman–Crippen LogP) is 2.20. The molecule has 2 heterocycles. The second-order valence-electron chi connectivity index (χ2n) is 9.15. The highest BCUT2D eigenvalue weighted by atomic mass is 32.2. The Labute approximate surface area is 202 Å². The van der Waals surface area contributed by atoms with Gasteiger partial charge in [0.15, 0.2) is 9.84 Å². The van der Waals surface area contributed by atoms with Gasteiger partial charge in [0.05, 0.1) is 11.5 Å². The first-order valence-corrected chi connectivity index (χ1v) is 13.8. The van der Waals surface area contributed by atoms with Crippen molar-refractivity contribution in [2.75, 3.05) is 37.7 Å². The lowest BCUT2D eigenvalue weighted by molar-refractivity contribution is -0.138. The highest BCUT2D eigenvalue weighted by molar-refractivity contribution is 7.91. The zero-order valence-electron chi connectivity index (χ0n) is 19.4. The van der Waals surface area contributed by atoms with Crippen molar-refractivity contribution in [1.82, 2.24) is 15.1 Å². The Morgan fingerprint density at radius 1 is 0.882 bits per heavy atom. The van der Waals surface area contributed by atoms with E-state index in [1.54, 1.807) is 0 Å². The third-order valence-electron chi connectivity index (χ3n) is 6.75. The van der Waals surface area contributed by atoms with Crippen LogP contribution in [0.4, 0.5) is 0 Å². The van der Waals surface area contributed by atoms with E-state index in [4.69, 9.17) is 0 Å². The van der Waals surface area contributed by atoms with Gasteiger partial charge in [0.25, 0.3) is 0 Å². The highest BCUT2D eigenvalue weighted by Gasteiger charge is 2.36. The van der Waals surface area contributed by atoms with Gasteiger partial charge in [0.1, 0.15) is 6.04 Å². The number of carbonyl (C=O) groups is 2. The number of piperidine rings is 1. The van der Waals surface area contributed by atoms with Crippen molar-refractivity contribution in [2.24, 2.45) is 0 Å². The summed E-state index contributed by atoms with van der Waals surface area (Å²) >= 11 is 0. The third-order valence-corrected chi connectivity index (χ3v) is 8.36. The number of benzene rings is 2. The van der Waals surface area contributed by atoms with Crippen LogP contribution in [0.25, 0.3) is 0 Å². The molecule has 0 aromatic heterocycles. The molecule has 34 heavy (non-hydrogen) atoms. The molecule has 2 aromatic rings. The van der Waals surface area contributed by atoms with Crippen LogP contribution >= 0.6 is 0 Å². The molecule has 0 spiro atoms. The Balaban J connectivity index is 1.32. The number of nitrogens with zero attached hydrogens (tertiary/aromatic N) is 2. The Morgan fingerprint density at radius 3 is 2.09 bits per heavy atom. The molecule has 4 rings (SSSR count). The van der Waals surface area contributed by atoms with Gasteiger partial charge in [0, 0.05) is 38.6 Å². The topological polar surface area (TPSA) is 86.8 Å². The quantitative estimate of drug-likeness (QED) is 0.653. The molecule has 1 unspecified atom stereocenters. The van der Waals surface area contributed by atoms with Crippen molar-refractivity contribution in [2.45, 2.75) is 37.8 Å². The lowest BCUT2D eigenvalue weighted by Crippen LogP contribution is -2.52. The predicted molar refractivity (Wildman–Crippen MR) is 132 cm³/mol. The van der Waals surface area contributed by atoms with Crippen LogP contribution in [0.5, 0.6) is 0 Å². The highest BCUT2D eigenvalue weighted by Crippen LogP contribution is 2.27. The molecule has 1 N–H and O–H groups in total. The zero-order chi connectivity index (χ0) is 24.0. The maximum atomic E-state index is 13.6. The average molecular weight is 484 g/mol. The molecule has 8 heteroatoms. The molecular formula is C26H33N3O4S. The molecule has 1 atom stereocenters. The fraction of sp³-hybridized carbons (Fsp3) is 0.462. The minimum atomic E-state index is -3.03. The maximum Gasteiger partial charge on any atom is 0.244 e. The van der Waals surface area contributed by atoms with Gasteiger partial charge in [0.2, 0.25) is 11.8 Å². The summed E-state index contributed by atoms with van der Waals surface area (Å²) in [6.07, 6.45) is 2.61. The number of rotatable bonds is 7. The second-order valence-corrected chi connectivity index (χ2v) is 11.5. The third kappa shape index (κ3) is 6.45. The molecule has 0 radical (unpaired) electrons. The summed E-state index contributed by atoms with van der Waals surface area (Å²) < 4.78 is 23.8. The summed E-state index contributed by atoms with van der Waals surface area (Å²) in [5.41, 5.74) is 2.04. The first-order valence-electron chi connectivity index (χ1n) is 12.0. The molecule has 0 bridgehead atoms. The van der Waals surface area contributed by atoms with E-state index in [0.717, 1.165) is 24.0 Å². The number of aryl methyl sites for hydroxylation is 1. The summed E-state index contributed by atoms with van der Waals surface area (Å²) in [5.74, 6) is 0.228. The van der Waals surface area contributed by atoms with Gasteiger partial charge in [-0.3, -0.25) is 14.5 Å². The lowest BCUT2D eigenvalue weighted by atomic mass is 9.99. The first kappa shape index (κ1) is 24.4. The number of nitrogens with one attached hydrogen (secondary N) is 1. The second kappa shape index (κ2) is 11.1. The van der Waals surface area contributed by atoms with Crippen molar-refractivity contribution in [3.05, 3.63) is 71.8 Å². The van der Waals surface area contributed by atoms with E-state index in [2.05, 4.69) is 5.32 Å². The van der Waals surface area contributed by atoms with Crippen molar-refractivity contribution >= 4 is 21.7 Å². The Morgan fingerprint density at radius 2 is 1.47 bits per heavy atom. The number of amides is 2. The first-order chi connectivity index (χ1) is 16.4. The van der Waals surface area contributed by atoms with E-state index in [9.17, 15) is 18.0 Å². The van der Waals surface area contributed by atoms with E-state index in [0.29, 0.717) is 39.0 Å². The summed E-state index contributed by atoms with van der Waals surface area (Å²) in [4.78, 5) is 29.9. The monoisotopic (exact) mass is 483 g/mol. The molecule has 2 fully saturated rings. The van der Waals surface area contributed by atoms with Gasteiger partial charge in [-0.15, -0.1) is 0 Å². The minimum absolute atomic E-state index is 0.0133. The molecule has 2 aliphatic rings. The fourth-order valence-electron chi connectivity index (χ4n) is 4.75. The van der Waals surface area contributed by atoms with Crippen molar-refractivity contribution in [3.8, 4) is 0 Å². The van der Waals surface area contributed by atoms with Crippen LogP contribution in [-0.2, 0) is 25.8 Å². The minimum Gasteiger partial charge on any atom is -0.353 e. The van der Waals surface area contributed by atoms with Crippen LogP contribution in [0.3, 0.4) is 0 Å². The summed E-state index contributed by atoms with van der Waals surface area (Å²) in [6.45, 7) is 1.89. The Hall–Kier alpha value is -2.71. The molecule has 2 amide bonds. The van der Waals surface area contributed by atoms with Crippen LogP contribution in [0.1, 0.15) is 36.4 Å². The molecular weight excluding hydrogens is 450 g/mol. The summed E-state index contributed by atoms with van der Waals surface area (Å²) in [5, 5.41) is 3.13. The molecule has 0 saturated carbocycles. The number of sulfone groups is 1. The van der Waals surface area contributed by atoms with E-state index in [1.807, 2.05) is 70.5 Å². The standard InChI is InChI=1S/C26H33N3O4S/c30-24(12-11-21-7-3-1-4-8-21)27-23-13-15-29(16-14-23)26(31)25(22-9-5-2-6-10-22)28-17-19-34(32,33)20-18-28/h1-10,23,25H,11-20H2,(H,27,30). The van der Waals surface area contributed by atoms with E-state index in [1.165, 1.54) is 0 Å². The summed E-state index contributed by atoms with van der Waals surface area (Å²) in [7, 11) is -3.03. The molecule has 2 saturated heterocycles. The van der Waals surface area contributed by atoms with Crippen LogP contribution < -0.4 is 5.32 Å². The number of carbonyl (C=O) groups excluding carboxylic acids is 2. The molecule has 7 nitrogen and oxygen atoms in total. The molecule has 0 aliphatic carbocycles. The van der Waals surface area contributed by atoms with Gasteiger partial charge in [-0.2, -0.15) is 0 Å². The van der Waals surface area contributed by atoms with Crippen molar-refractivity contribution in [3.63, 3.8) is 0 Å². The largest absolute Gasteiger partial charge is 0.353 e. The van der Waals surface area contributed by atoms with Crippen LogP contribution in [0.15, 0.2) is 60.7 Å². The maximum absolute atomic E-state index is 13.6. The van der Waals surface area contributed by atoms with Gasteiger partial charge in [-0.05, 0) is 30.4 Å². The van der Waals surface area contributed by atoms with E-state index in [-0.39, 0.29) is 29.4 Å². The van der Waals surface area contributed by atoms with Gasteiger partial charge >= 0.3 is 0 Å². The molecule has 182 valence electrons. The normalized spacial score (nSPS) is 19.9. The van der Waals surface area contributed by atoms with E-state index >= 15 is 0 Å². The number of likely N-dealkylation sites (tertiary alicyclic amines) is 1. The fourth-order valence-corrected chi connectivity index (χ4v) is 5.98. The smallest absolute Gasteiger partial charge is 0.244 e. The van der Waals surface area contributed by atoms with Crippen molar-refractivity contribution < 1.29 is 18.0 Å². The zero-order valence-corrected chi connectivity index (χ0v) is 20.3. The van der Waals surface area contributed by atoms with E-state index < -0.39 is 15.9 Å². The van der Waals surface area contributed by atoms with Crippen LogP contribution in [0.2, 0.25) is 0 Å². The van der Waals surface area contributed by atoms with Gasteiger partial charge < -0.3 is 10.2 Å². The Bertz CT molecular complexity index is 1050. The van der Waals surface area contributed by atoms with Crippen LogP contribution in [0, 0.1) is 0 Å². The van der Waals surface area contributed by atoms with Gasteiger partial charge in [-0.1, -0.05) is 60.7 Å². The SMILES string of the molecule is O=C(CCc1ccccc1)NC1CCN(C(=O)C(c2ccccc2)N2CCS(=O)(=O)CC2)CC1. The Kier molecular flexibility index (Phi) is 8.00. The lowest BCUT2D eigenvalue weighted by Gasteiger charge is -2.39. The average Bonchev–Trinajstić information content (AvgIpc) is 2.85. The molecule has 2 aliphatic heterocycles.